The van der Waals surface area contributed by atoms with E-state index in [0.717, 1.165) is 19.4 Å². The summed E-state index contributed by atoms with van der Waals surface area (Å²) in [6, 6.07) is 0. The molecule has 1 aliphatic rings. The van der Waals surface area contributed by atoms with Crippen molar-refractivity contribution in [3.63, 3.8) is 0 Å². The largest absolute Gasteiger partial charge is 0.462 e. The quantitative estimate of drug-likeness (QED) is 0.263. The summed E-state index contributed by atoms with van der Waals surface area (Å²) in [6.07, 6.45) is 12.0. The highest BCUT2D eigenvalue weighted by atomic mass is 16.5. The molecule has 0 heterocycles. The fourth-order valence-electron chi connectivity index (χ4n) is 3.33. The Kier molecular flexibility index (Phi) is 15.8. The summed E-state index contributed by atoms with van der Waals surface area (Å²) in [5, 5.41) is 0. The fraction of sp³-hybridized carbons (Fsp3) is 0.955. The van der Waals surface area contributed by atoms with Crippen molar-refractivity contribution < 1.29 is 23.7 Å². The number of ether oxygens (including phenoxy) is 4. The Morgan fingerprint density at radius 2 is 1.56 bits per heavy atom. The Morgan fingerprint density at radius 1 is 0.889 bits per heavy atom. The van der Waals surface area contributed by atoms with Gasteiger partial charge in [-0.15, -0.1) is 0 Å². The van der Waals surface area contributed by atoms with Gasteiger partial charge in [0.1, 0.15) is 6.10 Å². The van der Waals surface area contributed by atoms with Crippen LogP contribution in [0.5, 0.6) is 0 Å². The molecule has 5 heteroatoms. The molecular formula is C22H42O5. The first-order chi connectivity index (χ1) is 13.3. The van der Waals surface area contributed by atoms with Crippen molar-refractivity contribution in [1.29, 1.82) is 0 Å². The monoisotopic (exact) mass is 386 g/mol. The first kappa shape index (κ1) is 24.4. The summed E-state index contributed by atoms with van der Waals surface area (Å²) in [4.78, 5) is 11.8. The van der Waals surface area contributed by atoms with Crippen LogP contribution < -0.4 is 0 Å². The second-order valence-corrected chi connectivity index (χ2v) is 7.57. The third-order valence-electron chi connectivity index (χ3n) is 5.16. The first-order valence-electron chi connectivity index (χ1n) is 11.2. The van der Waals surface area contributed by atoms with Gasteiger partial charge in [-0.25, -0.2) is 0 Å². The van der Waals surface area contributed by atoms with Crippen molar-refractivity contribution in [3.8, 4) is 0 Å². The van der Waals surface area contributed by atoms with Crippen LogP contribution in [0.3, 0.4) is 0 Å². The molecule has 0 bridgehead atoms. The third kappa shape index (κ3) is 14.1. The van der Waals surface area contributed by atoms with E-state index in [1.165, 1.54) is 44.9 Å². The molecule has 160 valence electrons. The van der Waals surface area contributed by atoms with E-state index in [1.807, 2.05) is 0 Å². The predicted molar refractivity (Wildman–Crippen MR) is 108 cm³/mol. The number of hydrogen-bond donors (Lipinski definition) is 0. The van der Waals surface area contributed by atoms with Crippen molar-refractivity contribution in [2.45, 2.75) is 90.6 Å². The number of esters is 1. The maximum Gasteiger partial charge on any atom is 0.306 e. The zero-order valence-corrected chi connectivity index (χ0v) is 17.7. The Bertz CT molecular complexity index is 342. The molecule has 0 aliphatic heterocycles. The van der Waals surface area contributed by atoms with E-state index < -0.39 is 0 Å². The summed E-state index contributed by atoms with van der Waals surface area (Å²) in [5.41, 5.74) is 0. The Labute approximate surface area is 166 Å². The van der Waals surface area contributed by atoms with Crippen molar-refractivity contribution in [1.82, 2.24) is 0 Å². The SMILES string of the molecule is CCCCC(CC)COCCOCCOCCCC(=O)OC1CCCCC1. The highest BCUT2D eigenvalue weighted by Gasteiger charge is 2.17. The van der Waals surface area contributed by atoms with Crippen LogP contribution in [0, 0.1) is 5.92 Å². The van der Waals surface area contributed by atoms with E-state index >= 15 is 0 Å². The zero-order valence-electron chi connectivity index (χ0n) is 17.7. The molecule has 1 rings (SSSR count). The van der Waals surface area contributed by atoms with Gasteiger partial charge in [-0.2, -0.15) is 0 Å². The number of hydrogen-bond acceptors (Lipinski definition) is 5. The summed E-state index contributed by atoms with van der Waals surface area (Å²) < 4.78 is 22.2. The molecule has 0 N–H and O–H groups in total. The van der Waals surface area contributed by atoms with Gasteiger partial charge in [-0.05, 0) is 44.4 Å². The lowest BCUT2D eigenvalue weighted by Gasteiger charge is -2.21. The van der Waals surface area contributed by atoms with Gasteiger partial charge >= 0.3 is 5.97 Å². The lowest BCUT2D eigenvalue weighted by atomic mass is 9.98. The highest BCUT2D eigenvalue weighted by Crippen LogP contribution is 2.20. The molecule has 1 unspecified atom stereocenters. The van der Waals surface area contributed by atoms with E-state index in [1.54, 1.807) is 0 Å². The standard InChI is InChI=1S/C22H42O5/c1-3-5-10-20(4-2)19-26-18-17-25-16-15-24-14-9-13-22(23)27-21-11-7-6-8-12-21/h20-21H,3-19H2,1-2H3. The van der Waals surface area contributed by atoms with Crippen LogP contribution in [0.2, 0.25) is 0 Å². The molecule has 1 saturated carbocycles. The third-order valence-corrected chi connectivity index (χ3v) is 5.16. The Hall–Kier alpha value is -0.650. The normalized spacial score (nSPS) is 16.4. The van der Waals surface area contributed by atoms with Crippen molar-refractivity contribution in [3.05, 3.63) is 0 Å². The van der Waals surface area contributed by atoms with Gasteiger partial charge in [0.15, 0.2) is 0 Å². The Morgan fingerprint density at radius 3 is 2.22 bits per heavy atom. The first-order valence-corrected chi connectivity index (χ1v) is 11.2. The van der Waals surface area contributed by atoms with Crippen LogP contribution in [0.1, 0.15) is 84.5 Å². The van der Waals surface area contributed by atoms with Crippen molar-refractivity contribution in [2.75, 3.05) is 39.6 Å². The summed E-state index contributed by atoms with van der Waals surface area (Å²) in [6.45, 7) is 8.27. The summed E-state index contributed by atoms with van der Waals surface area (Å²) in [5.74, 6) is 0.598. The lowest BCUT2D eigenvalue weighted by Crippen LogP contribution is -2.21. The van der Waals surface area contributed by atoms with E-state index in [9.17, 15) is 4.79 Å². The van der Waals surface area contributed by atoms with Crippen molar-refractivity contribution in [2.24, 2.45) is 5.92 Å². The highest BCUT2D eigenvalue weighted by molar-refractivity contribution is 5.69. The molecule has 0 aromatic rings. The van der Waals surface area contributed by atoms with Crippen molar-refractivity contribution >= 4 is 5.97 Å². The van der Waals surface area contributed by atoms with E-state index in [-0.39, 0.29) is 12.1 Å². The molecule has 0 saturated heterocycles. The van der Waals surface area contributed by atoms with E-state index in [4.69, 9.17) is 18.9 Å². The Balaban J connectivity index is 1.81. The van der Waals surface area contributed by atoms with Gasteiger partial charge in [0.05, 0.1) is 26.4 Å². The zero-order chi connectivity index (χ0) is 19.6. The number of carbonyl (C=O) groups excluding carboxylic acids is 1. The molecule has 0 radical (unpaired) electrons. The number of carbonyl (C=O) groups is 1. The minimum Gasteiger partial charge on any atom is -0.462 e. The molecule has 1 aliphatic carbocycles. The number of unbranched alkanes of at least 4 members (excludes halogenated alkanes) is 1. The molecular weight excluding hydrogens is 344 g/mol. The van der Waals surface area contributed by atoms with Crippen LogP contribution in [0.15, 0.2) is 0 Å². The van der Waals surface area contributed by atoms with Gasteiger partial charge in [0.25, 0.3) is 0 Å². The summed E-state index contributed by atoms with van der Waals surface area (Å²) in [7, 11) is 0. The van der Waals surface area contributed by atoms with Gasteiger partial charge in [-0.3, -0.25) is 4.79 Å². The lowest BCUT2D eigenvalue weighted by molar-refractivity contribution is -0.150. The molecule has 0 amide bonds. The molecule has 27 heavy (non-hydrogen) atoms. The summed E-state index contributed by atoms with van der Waals surface area (Å²) >= 11 is 0. The fourth-order valence-corrected chi connectivity index (χ4v) is 3.33. The molecule has 0 aromatic carbocycles. The van der Waals surface area contributed by atoms with Crippen LogP contribution in [-0.4, -0.2) is 51.7 Å². The van der Waals surface area contributed by atoms with Crippen LogP contribution >= 0.6 is 0 Å². The minimum atomic E-state index is -0.0804. The topological polar surface area (TPSA) is 54.0 Å². The second kappa shape index (κ2) is 17.4. The predicted octanol–water partition coefficient (Wildman–Crippen LogP) is 4.91. The maximum absolute atomic E-state index is 11.8. The molecule has 1 fully saturated rings. The van der Waals surface area contributed by atoms with Gasteiger partial charge in [0.2, 0.25) is 0 Å². The number of rotatable bonds is 17. The van der Waals surface area contributed by atoms with Gasteiger partial charge < -0.3 is 18.9 Å². The second-order valence-electron chi connectivity index (χ2n) is 7.57. The van der Waals surface area contributed by atoms with E-state index in [2.05, 4.69) is 13.8 Å². The average molecular weight is 387 g/mol. The molecule has 0 aromatic heterocycles. The smallest absolute Gasteiger partial charge is 0.306 e. The van der Waals surface area contributed by atoms with Crippen LogP contribution in [0.25, 0.3) is 0 Å². The maximum atomic E-state index is 11.8. The minimum absolute atomic E-state index is 0.0804. The van der Waals surface area contributed by atoms with Crippen LogP contribution in [-0.2, 0) is 23.7 Å². The average Bonchev–Trinajstić information content (AvgIpc) is 2.69. The van der Waals surface area contributed by atoms with Crippen LogP contribution in [0.4, 0.5) is 0 Å². The van der Waals surface area contributed by atoms with E-state index in [0.29, 0.717) is 51.8 Å². The molecule has 1 atom stereocenters. The van der Waals surface area contributed by atoms with Gasteiger partial charge in [-0.1, -0.05) is 39.5 Å². The molecule has 5 nitrogen and oxygen atoms in total. The van der Waals surface area contributed by atoms with Gasteiger partial charge in [0, 0.05) is 19.6 Å². The molecule has 0 spiro atoms.